The molecule has 46 heavy (non-hydrogen) atoms. The first kappa shape index (κ1) is 38.6. The van der Waals surface area contributed by atoms with E-state index in [1.807, 2.05) is 13.8 Å². The maximum absolute atomic E-state index is 12.2. The van der Waals surface area contributed by atoms with Crippen molar-refractivity contribution in [1.82, 2.24) is 41.5 Å². The van der Waals surface area contributed by atoms with E-state index in [1.165, 1.54) is 21.8 Å². The summed E-state index contributed by atoms with van der Waals surface area (Å²) in [6, 6.07) is 0. The van der Waals surface area contributed by atoms with Crippen LogP contribution in [0.1, 0.15) is 26.7 Å². The van der Waals surface area contributed by atoms with Gasteiger partial charge in [0.05, 0.1) is 46.6 Å². The van der Waals surface area contributed by atoms with Crippen LogP contribution in [0.15, 0.2) is 38.0 Å². The van der Waals surface area contributed by atoms with Crippen molar-refractivity contribution in [2.75, 3.05) is 75.1 Å². The Balaban J connectivity index is 3.70. The summed E-state index contributed by atoms with van der Waals surface area (Å²) in [5.41, 5.74) is 0. The minimum absolute atomic E-state index is 0.0339. The van der Waals surface area contributed by atoms with Crippen molar-refractivity contribution in [2.45, 2.75) is 26.7 Å². The van der Waals surface area contributed by atoms with Crippen molar-refractivity contribution in [3.8, 4) is 0 Å². The van der Waals surface area contributed by atoms with Gasteiger partial charge in [0.25, 0.3) is 0 Å². The van der Waals surface area contributed by atoms with Crippen molar-refractivity contribution in [3.05, 3.63) is 38.0 Å². The summed E-state index contributed by atoms with van der Waals surface area (Å²) in [4.78, 5) is 78.2. The van der Waals surface area contributed by atoms with Gasteiger partial charge in [-0.15, -0.1) is 0 Å². The molecule has 0 aliphatic heterocycles. The normalized spacial score (nSPS) is 9.98. The average molecular weight is 650 g/mol. The number of hydrogen-bond donors (Lipinski definition) is 5. The molecule has 0 fully saturated rings. The van der Waals surface area contributed by atoms with Crippen LogP contribution in [0.3, 0.4) is 0 Å². The summed E-state index contributed by atoms with van der Waals surface area (Å²) in [6.45, 7) is 13.2. The van der Waals surface area contributed by atoms with Gasteiger partial charge in [0, 0.05) is 7.11 Å². The van der Waals surface area contributed by atoms with Crippen LogP contribution in [0, 0.1) is 0 Å². The maximum atomic E-state index is 12.2. The summed E-state index contributed by atoms with van der Waals surface area (Å²) < 4.78 is 15.4. The summed E-state index contributed by atoms with van der Waals surface area (Å²) in [5.74, 6) is -1.72. The second-order valence-corrected chi connectivity index (χ2v) is 8.92. The van der Waals surface area contributed by atoms with Crippen molar-refractivity contribution in [2.24, 2.45) is 0 Å². The standard InChI is InChI=1S/C27H43N11O8/c1-7-12-45-26(42)31-17-36(14-28-20(39)9-3)23-33-24(35-25(34-23)38(19-44-6)16-30-22(41)11-5)37(15-29-21(40)10-4)18-32-27(43)46-13-8-2/h9-11H,3-5,7-8,12-19H2,1-2,6H3,(H,28,39)(H,29,40)(H,30,41)(H,31,42)(H,32,43). The highest BCUT2D eigenvalue weighted by Gasteiger charge is 2.22. The van der Waals surface area contributed by atoms with Crippen LogP contribution in [-0.4, -0.2) is 105 Å². The van der Waals surface area contributed by atoms with E-state index < -0.39 is 29.9 Å². The number of nitrogens with zero attached hydrogens (tertiary/aromatic N) is 6. The molecule has 0 radical (unpaired) electrons. The van der Waals surface area contributed by atoms with Crippen molar-refractivity contribution in [3.63, 3.8) is 0 Å². The SMILES string of the molecule is C=CC(=O)NCN(CNC(=O)OCCC)c1nc(N(CNC(=O)C=C)CNC(=O)OCCC)nc(N(CNC(=O)C=C)COC)n1. The van der Waals surface area contributed by atoms with Crippen LogP contribution in [0.25, 0.3) is 0 Å². The molecular weight excluding hydrogens is 606 g/mol. The second-order valence-electron chi connectivity index (χ2n) is 8.92. The fourth-order valence-electron chi connectivity index (χ4n) is 3.04. The molecule has 0 saturated heterocycles. The minimum atomic E-state index is -0.729. The van der Waals surface area contributed by atoms with Crippen molar-refractivity contribution in [1.29, 1.82) is 0 Å². The number of ether oxygens (including phenoxy) is 3. The minimum Gasteiger partial charge on any atom is -0.450 e. The van der Waals surface area contributed by atoms with E-state index in [1.54, 1.807) is 0 Å². The first-order valence-electron chi connectivity index (χ1n) is 14.1. The van der Waals surface area contributed by atoms with Gasteiger partial charge in [-0.2, -0.15) is 15.0 Å². The topological polar surface area (TPSA) is 222 Å². The molecule has 1 aromatic rings. The van der Waals surface area contributed by atoms with Crippen LogP contribution in [-0.2, 0) is 28.6 Å². The number of anilines is 3. The van der Waals surface area contributed by atoms with Crippen LogP contribution >= 0.6 is 0 Å². The Morgan fingerprint density at radius 3 is 1.26 bits per heavy atom. The number of hydrogen-bond acceptors (Lipinski definition) is 14. The summed E-state index contributed by atoms with van der Waals surface area (Å²) in [6.07, 6.45) is 2.94. The predicted molar refractivity (Wildman–Crippen MR) is 168 cm³/mol. The molecule has 1 rings (SSSR count). The summed E-state index contributed by atoms with van der Waals surface area (Å²) in [5, 5.41) is 12.9. The molecule has 0 bridgehead atoms. The number of aromatic nitrogens is 3. The summed E-state index contributed by atoms with van der Waals surface area (Å²) in [7, 11) is 1.41. The van der Waals surface area contributed by atoms with Gasteiger partial charge in [-0.3, -0.25) is 19.3 Å². The number of carbonyl (C=O) groups excluding carboxylic acids is 5. The molecule has 0 saturated carbocycles. The Hall–Kier alpha value is -5.46. The molecule has 0 aromatic carbocycles. The zero-order chi connectivity index (χ0) is 34.3. The number of amides is 5. The smallest absolute Gasteiger partial charge is 0.408 e. The third-order valence-electron chi connectivity index (χ3n) is 5.33. The Bertz CT molecular complexity index is 1130. The molecule has 0 unspecified atom stereocenters. The van der Waals surface area contributed by atoms with Crippen LogP contribution in [0.2, 0.25) is 0 Å². The second kappa shape index (κ2) is 22.1. The largest absolute Gasteiger partial charge is 0.450 e. The van der Waals surface area contributed by atoms with Crippen LogP contribution < -0.4 is 41.3 Å². The highest BCUT2D eigenvalue weighted by atomic mass is 16.6. The lowest BCUT2D eigenvalue weighted by molar-refractivity contribution is -0.117. The van der Waals surface area contributed by atoms with Crippen molar-refractivity contribution >= 4 is 47.8 Å². The number of carbonyl (C=O) groups is 5. The molecular formula is C27H43N11O8. The van der Waals surface area contributed by atoms with E-state index in [9.17, 15) is 24.0 Å². The number of rotatable bonds is 22. The van der Waals surface area contributed by atoms with Gasteiger partial charge in [0.2, 0.25) is 35.6 Å². The lowest BCUT2D eigenvalue weighted by Gasteiger charge is -2.29. The number of nitrogens with one attached hydrogen (secondary N) is 5. The van der Waals surface area contributed by atoms with E-state index in [0.29, 0.717) is 12.8 Å². The highest BCUT2D eigenvalue weighted by molar-refractivity contribution is 5.87. The average Bonchev–Trinajstić information content (AvgIpc) is 3.07. The number of methoxy groups -OCH3 is 1. The Morgan fingerprint density at radius 2 is 0.935 bits per heavy atom. The molecule has 5 N–H and O–H groups in total. The molecule has 1 aromatic heterocycles. The van der Waals surface area contributed by atoms with Gasteiger partial charge in [0.15, 0.2) is 0 Å². The van der Waals surface area contributed by atoms with Gasteiger partial charge in [-0.25, -0.2) is 9.59 Å². The Morgan fingerprint density at radius 1 is 0.609 bits per heavy atom. The molecule has 0 spiro atoms. The molecule has 1 heterocycles. The molecule has 19 heteroatoms. The van der Waals surface area contributed by atoms with E-state index in [4.69, 9.17) is 14.2 Å². The first-order valence-corrected chi connectivity index (χ1v) is 14.1. The lowest BCUT2D eigenvalue weighted by atomic mass is 10.5. The highest BCUT2D eigenvalue weighted by Crippen LogP contribution is 2.19. The third-order valence-corrected chi connectivity index (χ3v) is 5.33. The molecule has 254 valence electrons. The third kappa shape index (κ3) is 14.8. The Kier molecular flexibility index (Phi) is 18.5. The zero-order valence-electron chi connectivity index (χ0n) is 26.4. The van der Waals surface area contributed by atoms with Gasteiger partial charge >= 0.3 is 12.2 Å². The van der Waals surface area contributed by atoms with Gasteiger partial charge in [-0.05, 0) is 31.1 Å². The fraction of sp³-hybridized carbons (Fsp3) is 0.481. The van der Waals surface area contributed by atoms with E-state index in [-0.39, 0.29) is 71.1 Å². The van der Waals surface area contributed by atoms with E-state index in [0.717, 1.165) is 18.2 Å². The first-order chi connectivity index (χ1) is 22.1. The lowest BCUT2D eigenvalue weighted by Crippen LogP contribution is -2.47. The number of alkyl carbamates (subject to hydrolysis) is 2. The molecule has 19 nitrogen and oxygen atoms in total. The fourth-order valence-corrected chi connectivity index (χ4v) is 3.04. The summed E-state index contributed by atoms with van der Waals surface area (Å²) >= 11 is 0. The molecule has 0 atom stereocenters. The van der Waals surface area contributed by atoms with E-state index in [2.05, 4.69) is 61.3 Å². The van der Waals surface area contributed by atoms with Crippen LogP contribution in [0.5, 0.6) is 0 Å². The van der Waals surface area contributed by atoms with Gasteiger partial charge in [0.1, 0.15) is 6.73 Å². The molecule has 0 aliphatic rings. The molecule has 5 amide bonds. The zero-order valence-corrected chi connectivity index (χ0v) is 26.4. The Labute approximate surface area is 267 Å². The molecule has 0 aliphatic carbocycles. The van der Waals surface area contributed by atoms with Crippen molar-refractivity contribution < 1.29 is 38.2 Å². The maximum Gasteiger partial charge on any atom is 0.408 e. The predicted octanol–water partition coefficient (Wildman–Crippen LogP) is -0.139. The quantitative estimate of drug-likeness (QED) is 0.0815. The van der Waals surface area contributed by atoms with Gasteiger partial charge < -0.3 is 50.6 Å². The van der Waals surface area contributed by atoms with Gasteiger partial charge in [-0.1, -0.05) is 33.6 Å². The van der Waals surface area contributed by atoms with E-state index >= 15 is 0 Å². The van der Waals surface area contributed by atoms with Crippen LogP contribution in [0.4, 0.5) is 27.4 Å². The monoisotopic (exact) mass is 649 g/mol.